The van der Waals surface area contributed by atoms with Gasteiger partial charge in [-0.15, -0.1) is 0 Å². The summed E-state index contributed by atoms with van der Waals surface area (Å²) in [6, 6.07) is 22.7. The van der Waals surface area contributed by atoms with Gasteiger partial charge in [0.05, 0.1) is 7.11 Å². The average Bonchev–Trinajstić information content (AvgIpc) is 2.74. The second-order valence-corrected chi connectivity index (χ2v) is 6.58. The van der Waals surface area contributed by atoms with Gasteiger partial charge in [0.25, 0.3) is 5.91 Å². The van der Waals surface area contributed by atoms with Crippen LogP contribution in [0, 0.1) is 0 Å². The Labute approximate surface area is 170 Å². The number of nitrogens with one attached hydrogen (secondary N) is 1. The molecule has 0 aliphatic rings. The lowest BCUT2D eigenvalue weighted by Crippen LogP contribution is -2.21. The number of para-hydroxylation sites is 1. The van der Waals surface area contributed by atoms with Crippen LogP contribution in [-0.2, 0) is 11.2 Å². The Morgan fingerprint density at radius 2 is 1.62 bits per heavy atom. The zero-order valence-corrected chi connectivity index (χ0v) is 16.5. The van der Waals surface area contributed by atoms with Gasteiger partial charge < -0.3 is 14.8 Å². The molecule has 3 rings (SSSR count). The van der Waals surface area contributed by atoms with Crippen molar-refractivity contribution >= 4 is 17.4 Å². The Balaban J connectivity index is 1.65. The number of methoxy groups -OCH3 is 1. The van der Waals surface area contributed by atoms with Gasteiger partial charge in [0.2, 0.25) is 0 Å². The van der Waals surface area contributed by atoms with Gasteiger partial charge in [0.1, 0.15) is 0 Å². The topological polar surface area (TPSA) is 64.6 Å². The van der Waals surface area contributed by atoms with E-state index < -0.39 is 0 Å². The summed E-state index contributed by atoms with van der Waals surface area (Å²) in [6.07, 6.45) is 0.721. The highest BCUT2D eigenvalue weighted by molar-refractivity contribution is 5.95. The minimum atomic E-state index is -0.275. The molecule has 29 heavy (non-hydrogen) atoms. The maximum atomic E-state index is 12.4. The van der Waals surface area contributed by atoms with Crippen LogP contribution in [0.3, 0.4) is 0 Å². The Bertz CT molecular complexity index is 999. The van der Waals surface area contributed by atoms with Gasteiger partial charge in [0, 0.05) is 11.3 Å². The van der Waals surface area contributed by atoms with Crippen molar-refractivity contribution in [1.29, 1.82) is 0 Å². The van der Waals surface area contributed by atoms with Crippen LogP contribution in [0.15, 0.2) is 72.8 Å². The Morgan fingerprint density at radius 3 is 2.34 bits per heavy atom. The molecule has 0 fully saturated rings. The van der Waals surface area contributed by atoms with Crippen LogP contribution in [0.1, 0.15) is 28.4 Å². The first-order chi connectivity index (χ1) is 14.1. The predicted octanol–water partition coefficient (Wildman–Crippen LogP) is 4.51. The summed E-state index contributed by atoms with van der Waals surface area (Å²) in [5.74, 6) is 0.478. The number of carbonyl (C=O) groups is 2. The maximum Gasteiger partial charge on any atom is 0.262 e. The second kappa shape index (κ2) is 9.55. The van der Waals surface area contributed by atoms with Crippen molar-refractivity contribution in [2.45, 2.75) is 13.3 Å². The molecular weight excluding hydrogens is 366 g/mol. The molecule has 1 N–H and O–H groups in total. The molecule has 0 saturated carbocycles. The Morgan fingerprint density at radius 1 is 0.897 bits per heavy atom. The van der Waals surface area contributed by atoms with Crippen LogP contribution in [0.25, 0.3) is 0 Å². The van der Waals surface area contributed by atoms with Gasteiger partial charge in [0.15, 0.2) is 23.9 Å². The molecule has 0 spiro atoms. The second-order valence-electron chi connectivity index (χ2n) is 6.58. The van der Waals surface area contributed by atoms with E-state index >= 15 is 0 Å². The van der Waals surface area contributed by atoms with Gasteiger partial charge in [-0.2, -0.15) is 0 Å². The Hall–Kier alpha value is -3.60. The lowest BCUT2D eigenvalue weighted by atomic mass is 10.0. The molecule has 0 radical (unpaired) electrons. The maximum absolute atomic E-state index is 12.4. The number of amides is 1. The lowest BCUT2D eigenvalue weighted by molar-refractivity contribution is -0.118. The highest BCUT2D eigenvalue weighted by Gasteiger charge is 2.12. The molecular formula is C24H23NO4. The molecule has 5 nitrogen and oxygen atoms in total. The molecule has 5 heteroatoms. The SMILES string of the molecule is COc1cc(C(C)=O)ccc1OCC(=O)Nc1ccccc1Cc1ccccc1. The smallest absolute Gasteiger partial charge is 0.262 e. The number of anilines is 1. The number of ketones is 1. The van der Waals surface area contributed by atoms with Gasteiger partial charge in [-0.05, 0) is 48.7 Å². The summed E-state index contributed by atoms with van der Waals surface area (Å²) in [4.78, 5) is 23.9. The summed E-state index contributed by atoms with van der Waals surface area (Å²) in [6.45, 7) is 1.31. The lowest BCUT2D eigenvalue weighted by Gasteiger charge is -2.13. The summed E-state index contributed by atoms with van der Waals surface area (Å²) < 4.78 is 10.9. The van der Waals surface area contributed by atoms with Gasteiger partial charge >= 0.3 is 0 Å². The van der Waals surface area contributed by atoms with Crippen molar-refractivity contribution in [3.8, 4) is 11.5 Å². The van der Waals surface area contributed by atoms with Crippen LogP contribution in [0.2, 0.25) is 0 Å². The molecule has 0 bridgehead atoms. The van der Waals surface area contributed by atoms with E-state index in [1.54, 1.807) is 18.2 Å². The van der Waals surface area contributed by atoms with E-state index in [-0.39, 0.29) is 18.3 Å². The third-order valence-corrected chi connectivity index (χ3v) is 4.46. The minimum Gasteiger partial charge on any atom is -0.493 e. The van der Waals surface area contributed by atoms with Crippen LogP contribution < -0.4 is 14.8 Å². The molecule has 3 aromatic carbocycles. The highest BCUT2D eigenvalue weighted by atomic mass is 16.5. The molecule has 148 valence electrons. The molecule has 0 saturated heterocycles. The van der Waals surface area contributed by atoms with Gasteiger partial charge in [-0.1, -0.05) is 48.5 Å². The number of rotatable bonds is 8. The Kier molecular flexibility index (Phi) is 6.63. The van der Waals surface area contributed by atoms with E-state index in [0.717, 1.165) is 17.7 Å². The first-order valence-electron chi connectivity index (χ1n) is 9.30. The first kappa shape index (κ1) is 20.1. The van der Waals surface area contributed by atoms with E-state index in [9.17, 15) is 9.59 Å². The van der Waals surface area contributed by atoms with Crippen LogP contribution >= 0.6 is 0 Å². The van der Waals surface area contributed by atoms with Gasteiger partial charge in [-0.3, -0.25) is 9.59 Å². The third kappa shape index (κ3) is 5.45. The molecule has 3 aromatic rings. The molecule has 0 aliphatic carbocycles. The molecule has 0 atom stereocenters. The normalized spacial score (nSPS) is 10.3. The number of ether oxygens (including phenoxy) is 2. The zero-order chi connectivity index (χ0) is 20.6. The van der Waals surface area contributed by atoms with Crippen LogP contribution in [-0.4, -0.2) is 25.4 Å². The van der Waals surface area contributed by atoms with Crippen molar-refractivity contribution in [1.82, 2.24) is 0 Å². The van der Waals surface area contributed by atoms with E-state index in [2.05, 4.69) is 17.4 Å². The van der Waals surface area contributed by atoms with E-state index in [1.165, 1.54) is 19.6 Å². The molecule has 0 aromatic heterocycles. The van der Waals surface area contributed by atoms with Crippen molar-refractivity contribution in [3.05, 3.63) is 89.5 Å². The van der Waals surface area contributed by atoms with E-state index in [1.807, 2.05) is 42.5 Å². The van der Waals surface area contributed by atoms with Crippen molar-refractivity contribution in [2.75, 3.05) is 19.0 Å². The molecule has 0 unspecified atom stereocenters. The average molecular weight is 389 g/mol. The number of Topliss-reactive ketones (excluding diaryl/α,β-unsaturated/α-hetero) is 1. The van der Waals surface area contributed by atoms with Crippen molar-refractivity contribution < 1.29 is 19.1 Å². The minimum absolute atomic E-state index is 0.0670. The molecule has 0 heterocycles. The summed E-state index contributed by atoms with van der Waals surface area (Å²) >= 11 is 0. The predicted molar refractivity (Wildman–Crippen MR) is 113 cm³/mol. The first-order valence-corrected chi connectivity index (χ1v) is 9.30. The van der Waals surface area contributed by atoms with Crippen molar-refractivity contribution in [3.63, 3.8) is 0 Å². The molecule has 0 aliphatic heterocycles. The monoisotopic (exact) mass is 389 g/mol. The number of hydrogen-bond acceptors (Lipinski definition) is 4. The highest BCUT2D eigenvalue weighted by Crippen LogP contribution is 2.28. The van der Waals surface area contributed by atoms with Crippen molar-refractivity contribution in [2.24, 2.45) is 0 Å². The fraction of sp³-hybridized carbons (Fsp3) is 0.167. The van der Waals surface area contributed by atoms with Crippen LogP contribution in [0.5, 0.6) is 11.5 Å². The molecule has 1 amide bonds. The third-order valence-electron chi connectivity index (χ3n) is 4.46. The van der Waals surface area contributed by atoms with Crippen LogP contribution in [0.4, 0.5) is 5.69 Å². The quantitative estimate of drug-likeness (QED) is 0.576. The fourth-order valence-electron chi connectivity index (χ4n) is 2.95. The number of hydrogen-bond donors (Lipinski definition) is 1. The largest absolute Gasteiger partial charge is 0.493 e. The van der Waals surface area contributed by atoms with E-state index in [0.29, 0.717) is 17.1 Å². The zero-order valence-electron chi connectivity index (χ0n) is 16.5. The number of carbonyl (C=O) groups excluding carboxylic acids is 2. The fourth-order valence-corrected chi connectivity index (χ4v) is 2.95. The van der Waals surface area contributed by atoms with Gasteiger partial charge in [-0.25, -0.2) is 0 Å². The summed E-state index contributed by atoms with van der Waals surface area (Å²) in [5.41, 5.74) is 3.47. The summed E-state index contributed by atoms with van der Waals surface area (Å²) in [7, 11) is 1.49. The van der Waals surface area contributed by atoms with E-state index in [4.69, 9.17) is 9.47 Å². The standard InChI is InChI=1S/C24H23NO4/c1-17(26)19-12-13-22(23(15-19)28-2)29-16-24(27)25-21-11-7-6-10-20(21)14-18-8-4-3-5-9-18/h3-13,15H,14,16H2,1-2H3,(H,25,27). The summed E-state index contributed by atoms with van der Waals surface area (Å²) in [5, 5.41) is 2.91. The number of benzene rings is 3.